The third-order valence-corrected chi connectivity index (χ3v) is 5.74. The number of carbonyl (C=O) groups is 2. The molecule has 0 aliphatic carbocycles. The molecule has 0 fully saturated rings. The minimum atomic E-state index is -4.34. The summed E-state index contributed by atoms with van der Waals surface area (Å²) in [6, 6.07) is 14.8. The van der Waals surface area contributed by atoms with Crippen LogP contribution in [-0.4, -0.2) is 41.1 Å². The van der Waals surface area contributed by atoms with Gasteiger partial charge < -0.3 is 15.8 Å². The number of aryl methyl sites for hydroxylation is 1. The first-order chi connectivity index (χ1) is 17.1. The Bertz CT molecular complexity index is 1460. The maximum atomic E-state index is 13.4. The number of fused-ring (bicyclic) bond motifs is 1. The van der Waals surface area contributed by atoms with Crippen molar-refractivity contribution in [3.8, 4) is 11.4 Å². The SMILES string of the molecule is COc1ccccc1C(=O)c1cc(NCCC(F)(F)F)c2ncn(-c3ccc(C(N)=O)c(C)c3)c2c1. The summed E-state index contributed by atoms with van der Waals surface area (Å²) in [6.45, 7) is 1.35. The molecule has 36 heavy (non-hydrogen) atoms. The van der Waals surface area contributed by atoms with Gasteiger partial charge in [0.1, 0.15) is 17.6 Å². The molecule has 0 spiro atoms. The number of anilines is 1. The van der Waals surface area contributed by atoms with Gasteiger partial charge in [0.05, 0.1) is 30.3 Å². The fourth-order valence-electron chi connectivity index (χ4n) is 3.99. The predicted molar refractivity (Wildman–Crippen MR) is 130 cm³/mol. The van der Waals surface area contributed by atoms with Crippen molar-refractivity contribution in [1.29, 1.82) is 0 Å². The molecule has 0 unspecified atom stereocenters. The molecular weight excluding hydrogens is 473 g/mol. The van der Waals surface area contributed by atoms with E-state index in [2.05, 4.69) is 10.3 Å². The number of alkyl halides is 3. The zero-order valence-corrected chi connectivity index (χ0v) is 19.5. The van der Waals surface area contributed by atoms with E-state index in [1.54, 1.807) is 60.0 Å². The van der Waals surface area contributed by atoms with Gasteiger partial charge in [-0.15, -0.1) is 0 Å². The highest BCUT2D eigenvalue weighted by molar-refractivity contribution is 6.13. The summed E-state index contributed by atoms with van der Waals surface area (Å²) in [5.41, 5.74) is 8.80. The van der Waals surface area contributed by atoms with Gasteiger partial charge in [-0.3, -0.25) is 14.2 Å². The van der Waals surface area contributed by atoms with Crippen molar-refractivity contribution in [3.63, 3.8) is 0 Å². The van der Waals surface area contributed by atoms with Crippen LogP contribution in [0.4, 0.5) is 18.9 Å². The van der Waals surface area contributed by atoms with Crippen molar-refractivity contribution < 1.29 is 27.5 Å². The van der Waals surface area contributed by atoms with Crippen LogP contribution in [-0.2, 0) is 0 Å². The molecule has 0 radical (unpaired) electrons. The molecule has 0 aliphatic rings. The number of halogens is 3. The van der Waals surface area contributed by atoms with E-state index in [1.807, 2.05) is 0 Å². The second-order valence-corrected chi connectivity index (χ2v) is 8.19. The number of hydrogen-bond donors (Lipinski definition) is 2. The average Bonchev–Trinajstić information content (AvgIpc) is 3.26. The Balaban J connectivity index is 1.85. The zero-order chi connectivity index (χ0) is 26.0. The Hall–Kier alpha value is -4.34. The van der Waals surface area contributed by atoms with Crippen LogP contribution >= 0.6 is 0 Å². The van der Waals surface area contributed by atoms with Gasteiger partial charge in [0.25, 0.3) is 0 Å². The van der Waals surface area contributed by atoms with Gasteiger partial charge in [-0.1, -0.05) is 12.1 Å². The van der Waals surface area contributed by atoms with Crippen molar-refractivity contribution in [1.82, 2.24) is 9.55 Å². The summed E-state index contributed by atoms with van der Waals surface area (Å²) in [4.78, 5) is 29.4. The van der Waals surface area contributed by atoms with E-state index >= 15 is 0 Å². The van der Waals surface area contributed by atoms with Crippen LogP contribution in [0, 0.1) is 6.92 Å². The third-order valence-electron chi connectivity index (χ3n) is 5.74. The van der Waals surface area contributed by atoms with Crippen LogP contribution in [0.3, 0.4) is 0 Å². The Kier molecular flexibility index (Phi) is 6.69. The average molecular weight is 496 g/mol. The predicted octanol–water partition coefficient (Wildman–Crippen LogP) is 5.04. The van der Waals surface area contributed by atoms with Crippen molar-refractivity contribution in [2.75, 3.05) is 19.0 Å². The van der Waals surface area contributed by atoms with Crippen LogP contribution in [0.15, 0.2) is 60.9 Å². The molecule has 4 aromatic rings. The summed E-state index contributed by atoms with van der Waals surface area (Å²) < 4.78 is 45.3. The highest BCUT2D eigenvalue weighted by atomic mass is 19.4. The van der Waals surface area contributed by atoms with E-state index in [9.17, 15) is 22.8 Å². The molecule has 0 bridgehead atoms. The van der Waals surface area contributed by atoms with E-state index in [0.29, 0.717) is 44.8 Å². The number of nitrogens with two attached hydrogens (primary N) is 1. The van der Waals surface area contributed by atoms with Crippen LogP contribution in [0.5, 0.6) is 5.75 Å². The van der Waals surface area contributed by atoms with Crippen LogP contribution in [0.25, 0.3) is 16.7 Å². The number of ketones is 1. The Morgan fingerprint density at radius 2 is 1.83 bits per heavy atom. The number of aromatic nitrogens is 2. The highest BCUT2D eigenvalue weighted by Crippen LogP contribution is 2.31. The van der Waals surface area contributed by atoms with Gasteiger partial charge in [0.15, 0.2) is 5.78 Å². The topological polar surface area (TPSA) is 99.2 Å². The first-order valence-corrected chi connectivity index (χ1v) is 11.0. The zero-order valence-electron chi connectivity index (χ0n) is 19.5. The van der Waals surface area contributed by atoms with Crippen molar-refractivity contribution in [2.24, 2.45) is 5.73 Å². The molecule has 0 saturated carbocycles. The molecule has 1 aromatic heterocycles. The van der Waals surface area contributed by atoms with E-state index in [4.69, 9.17) is 10.5 Å². The molecule has 0 saturated heterocycles. The van der Waals surface area contributed by atoms with Gasteiger partial charge in [-0.2, -0.15) is 13.2 Å². The monoisotopic (exact) mass is 496 g/mol. The lowest BCUT2D eigenvalue weighted by molar-refractivity contribution is -0.131. The van der Waals surface area contributed by atoms with Crippen molar-refractivity contribution in [3.05, 3.63) is 83.2 Å². The van der Waals surface area contributed by atoms with Gasteiger partial charge in [0.2, 0.25) is 5.91 Å². The normalized spacial score (nSPS) is 11.5. The number of para-hydroxylation sites is 1. The highest BCUT2D eigenvalue weighted by Gasteiger charge is 2.26. The number of nitrogens with one attached hydrogen (secondary N) is 1. The summed E-state index contributed by atoms with van der Waals surface area (Å²) in [5, 5.41) is 2.78. The Labute approximate surface area is 204 Å². The number of nitrogens with zero attached hydrogens (tertiary/aromatic N) is 2. The first-order valence-electron chi connectivity index (χ1n) is 11.0. The van der Waals surface area contributed by atoms with Gasteiger partial charge >= 0.3 is 6.18 Å². The van der Waals surface area contributed by atoms with E-state index < -0.39 is 18.5 Å². The number of methoxy groups -OCH3 is 1. The van der Waals surface area contributed by atoms with E-state index in [-0.39, 0.29) is 17.9 Å². The first kappa shape index (κ1) is 24.8. The number of imidazole rings is 1. The van der Waals surface area contributed by atoms with Crippen LogP contribution in [0.1, 0.15) is 38.3 Å². The summed E-state index contributed by atoms with van der Waals surface area (Å²) in [7, 11) is 1.45. The van der Waals surface area contributed by atoms with Crippen molar-refractivity contribution in [2.45, 2.75) is 19.5 Å². The Morgan fingerprint density at radius 3 is 2.50 bits per heavy atom. The molecule has 1 amide bonds. The lowest BCUT2D eigenvalue weighted by Crippen LogP contribution is -2.15. The van der Waals surface area contributed by atoms with Gasteiger partial charge in [-0.05, 0) is 55.0 Å². The molecule has 0 atom stereocenters. The quantitative estimate of drug-likeness (QED) is 0.333. The molecule has 0 aliphatic heterocycles. The minimum Gasteiger partial charge on any atom is -0.496 e. The van der Waals surface area contributed by atoms with Crippen molar-refractivity contribution >= 4 is 28.4 Å². The fraction of sp³-hybridized carbons (Fsp3) is 0.192. The lowest BCUT2D eigenvalue weighted by atomic mass is 10.0. The maximum absolute atomic E-state index is 13.4. The summed E-state index contributed by atoms with van der Waals surface area (Å²) in [6.07, 6.45) is -3.88. The maximum Gasteiger partial charge on any atom is 0.390 e. The molecule has 3 aromatic carbocycles. The molecule has 10 heteroatoms. The molecular formula is C26H23F3N4O3. The summed E-state index contributed by atoms with van der Waals surface area (Å²) >= 11 is 0. The Morgan fingerprint density at radius 1 is 1.08 bits per heavy atom. The third kappa shape index (κ3) is 5.02. The molecule has 186 valence electrons. The van der Waals surface area contributed by atoms with Gasteiger partial charge in [-0.25, -0.2) is 4.98 Å². The summed E-state index contributed by atoms with van der Waals surface area (Å²) in [5.74, 6) is -0.544. The number of ether oxygens (including phenoxy) is 1. The van der Waals surface area contributed by atoms with Gasteiger partial charge in [0, 0.05) is 23.4 Å². The lowest BCUT2D eigenvalue weighted by Gasteiger charge is -2.13. The number of primary amides is 1. The molecule has 7 nitrogen and oxygen atoms in total. The molecule has 1 heterocycles. The van der Waals surface area contributed by atoms with Crippen LogP contribution < -0.4 is 15.8 Å². The largest absolute Gasteiger partial charge is 0.496 e. The fourth-order valence-corrected chi connectivity index (χ4v) is 3.99. The standard InChI is InChI=1S/C26H23F3N4O3/c1-15-11-17(7-8-18(15)25(30)35)33-14-32-23-20(31-10-9-26(27,28)29)12-16(13-21(23)33)24(34)19-5-3-4-6-22(19)36-2/h3-8,11-14,31H,9-10H2,1-2H3,(H2,30,35). The number of amides is 1. The minimum absolute atomic E-state index is 0.244. The second kappa shape index (κ2) is 9.73. The second-order valence-electron chi connectivity index (χ2n) is 8.19. The number of rotatable bonds is 8. The smallest absolute Gasteiger partial charge is 0.390 e. The number of carbonyl (C=O) groups excluding carboxylic acids is 2. The van der Waals surface area contributed by atoms with E-state index in [1.165, 1.54) is 19.5 Å². The van der Waals surface area contributed by atoms with Crippen LogP contribution in [0.2, 0.25) is 0 Å². The molecule has 3 N–H and O–H groups in total. The number of hydrogen-bond acceptors (Lipinski definition) is 5. The molecule has 4 rings (SSSR count). The number of benzene rings is 3. The van der Waals surface area contributed by atoms with E-state index in [0.717, 1.165) is 0 Å².